The van der Waals surface area contributed by atoms with Gasteiger partial charge in [0, 0.05) is 0 Å². The van der Waals surface area contributed by atoms with Crippen molar-refractivity contribution in [2.45, 2.75) is 0 Å². The summed E-state index contributed by atoms with van der Waals surface area (Å²) in [6.45, 7) is 2.98. The zero-order chi connectivity index (χ0) is 5.91. The van der Waals surface area contributed by atoms with E-state index in [0.717, 1.165) is 6.26 Å². The maximum atomic E-state index is 7.97. The van der Waals surface area contributed by atoms with E-state index in [1.165, 1.54) is 0 Å². The van der Waals surface area contributed by atoms with Crippen LogP contribution in [-0.2, 0) is 4.43 Å². The van der Waals surface area contributed by atoms with Gasteiger partial charge in [0.15, 0.2) is 0 Å². The Bertz CT molecular complexity index is 65.3. The van der Waals surface area contributed by atoms with Crippen molar-refractivity contribution < 1.29 is 24.3 Å². The second-order valence-corrected chi connectivity index (χ2v) is 2.24. The highest BCUT2D eigenvalue weighted by Crippen LogP contribution is 1.85. The average molecular weight is 140 g/mol. The van der Waals surface area contributed by atoms with Crippen molar-refractivity contribution in [3.05, 3.63) is 12.8 Å². The second kappa shape index (κ2) is 3.58. The van der Waals surface area contributed by atoms with E-state index < -0.39 is 9.05 Å². The van der Waals surface area contributed by atoms with E-state index in [-0.39, 0.29) is 5.48 Å². The van der Waals surface area contributed by atoms with Gasteiger partial charge in [-0.25, -0.2) is 0 Å². The lowest BCUT2D eigenvalue weighted by atomic mass is 11.2. The van der Waals surface area contributed by atoms with Crippen LogP contribution in [0, 0.1) is 0 Å². The zero-order valence-corrected chi connectivity index (χ0v) is 5.03. The Morgan fingerprint density at radius 3 is 1.75 bits per heavy atom. The fourth-order valence-corrected chi connectivity index (χ4v) is 0.335. The first-order valence-electron chi connectivity index (χ1n) is 1.52. The molecule has 0 fully saturated rings. The van der Waals surface area contributed by atoms with Crippen LogP contribution in [-0.4, -0.2) is 28.9 Å². The summed E-state index contributed by atoms with van der Waals surface area (Å²) in [6.07, 6.45) is 0.770. The van der Waals surface area contributed by atoms with Gasteiger partial charge in [0.05, 0.1) is 6.26 Å². The molecule has 0 spiro atoms. The molecule has 0 aromatic rings. The Labute approximate surface area is 47.3 Å². The molecule has 0 saturated carbocycles. The minimum absolute atomic E-state index is 0. The molecule has 6 heteroatoms. The molecule has 0 amide bonds. The Hall–Kier alpha value is -0.403. The maximum Gasteiger partial charge on any atom is 0.740 e. The second-order valence-electron chi connectivity index (χ2n) is 0.858. The van der Waals surface area contributed by atoms with Crippen molar-refractivity contribution >= 4 is 9.05 Å². The summed E-state index contributed by atoms with van der Waals surface area (Å²) >= 11 is 0. The fraction of sp³-hybridized carbons (Fsp3) is 0. The fourth-order valence-electron chi connectivity index (χ4n) is 0.112. The number of rotatable bonds is 2. The van der Waals surface area contributed by atoms with Crippen molar-refractivity contribution in [3.63, 3.8) is 0 Å². The minimum Gasteiger partial charge on any atom is -0.488 e. The molecule has 0 bridgehead atoms. The van der Waals surface area contributed by atoms with Gasteiger partial charge in [0.25, 0.3) is 0 Å². The molecule has 0 radical (unpaired) electrons. The molecule has 0 rings (SSSR count). The van der Waals surface area contributed by atoms with Gasteiger partial charge in [-0.1, -0.05) is 6.58 Å². The number of hydrogen-bond donors (Lipinski definition) is 3. The molecule has 0 aliphatic carbocycles. The molecule has 0 saturated heterocycles. The van der Waals surface area contributed by atoms with Gasteiger partial charge >= 0.3 is 9.05 Å². The Morgan fingerprint density at radius 2 is 1.75 bits per heavy atom. The normalized spacial score (nSPS) is 9.38. The number of hydrogen-bond acceptors (Lipinski definition) is 4. The third-order valence-electron chi connectivity index (χ3n) is 0.241. The van der Waals surface area contributed by atoms with Gasteiger partial charge in [0.2, 0.25) is 0 Å². The topological polar surface area (TPSA) is 101 Å². The molecule has 0 atom stereocenters. The summed E-state index contributed by atoms with van der Waals surface area (Å²) in [5.74, 6) is 0. The van der Waals surface area contributed by atoms with Crippen LogP contribution in [0.25, 0.3) is 0 Å². The standard InChI is InChI=1S/C2H6O4Si.H2O/c1-2-6-7(3,4)5;/h2-5H,1H2;1H2. The van der Waals surface area contributed by atoms with Gasteiger partial charge in [0.1, 0.15) is 0 Å². The third-order valence-corrected chi connectivity index (χ3v) is 0.724. The molecular formula is C2H8O5Si. The molecule has 50 valence electrons. The van der Waals surface area contributed by atoms with Gasteiger partial charge in [-0.3, -0.25) is 0 Å². The molecule has 5 N–H and O–H groups in total. The van der Waals surface area contributed by atoms with E-state index in [4.69, 9.17) is 14.4 Å². The predicted molar refractivity (Wildman–Crippen MR) is 27.3 cm³/mol. The molecule has 0 aliphatic rings. The first kappa shape index (κ1) is 10.6. The summed E-state index contributed by atoms with van der Waals surface area (Å²) in [7, 11) is -4.28. The Kier molecular flexibility index (Phi) is 4.72. The van der Waals surface area contributed by atoms with E-state index in [0.29, 0.717) is 0 Å². The molecule has 0 aromatic carbocycles. The monoisotopic (exact) mass is 140 g/mol. The Morgan fingerprint density at radius 1 is 1.38 bits per heavy atom. The van der Waals surface area contributed by atoms with E-state index >= 15 is 0 Å². The van der Waals surface area contributed by atoms with Crippen LogP contribution in [0.3, 0.4) is 0 Å². The predicted octanol–water partition coefficient (Wildman–Crippen LogP) is -2.27. The highest BCUT2D eigenvalue weighted by molar-refractivity contribution is 6.48. The maximum absolute atomic E-state index is 7.97. The van der Waals surface area contributed by atoms with Crippen LogP contribution in [0.5, 0.6) is 0 Å². The van der Waals surface area contributed by atoms with Gasteiger partial charge in [-0.05, 0) is 0 Å². The van der Waals surface area contributed by atoms with Crippen LogP contribution in [0.15, 0.2) is 12.8 Å². The van der Waals surface area contributed by atoms with Crippen molar-refractivity contribution in [2.75, 3.05) is 0 Å². The molecular weight excluding hydrogens is 132 g/mol. The molecule has 0 heterocycles. The summed E-state index contributed by atoms with van der Waals surface area (Å²) in [4.78, 5) is 23.9. The lowest BCUT2D eigenvalue weighted by molar-refractivity contribution is 0.106. The van der Waals surface area contributed by atoms with Crippen LogP contribution in [0.1, 0.15) is 0 Å². The van der Waals surface area contributed by atoms with Gasteiger partial charge < -0.3 is 24.3 Å². The smallest absolute Gasteiger partial charge is 0.488 e. The summed E-state index contributed by atoms with van der Waals surface area (Å²) in [5.41, 5.74) is 0. The van der Waals surface area contributed by atoms with Crippen molar-refractivity contribution in [1.29, 1.82) is 0 Å². The van der Waals surface area contributed by atoms with E-state index in [2.05, 4.69) is 11.0 Å². The zero-order valence-electron chi connectivity index (χ0n) is 4.03. The molecule has 8 heavy (non-hydrogen) atoms. The first-order valence-corrected chi connectivity index (χ1v) is 3.27. The molecule has 5 nitrogen and oxygen atoms in total. The van der Waals surface area contributed by atoms with Gasteiger partial charge in [-0.2, -0.15) is 0 Å². The lowest BCUT2D eigenvalue weighted by Crippen LogP contribution is -2.36. The quantitative estimate of drug-likeness (QED) is 0.297. The highest BCUT2D eigenvalue weighted by Gasteiger charge is 2.30. The molecule has 0 aromatic heterocycles. The van der Waals surface area contributed by atoms with Crippen molar-refractivity contribution in [3.8, 4) is 0 Å². The van der Waals surface area contributed by atoms with Crippen molar-refractivity contribution in [2.24, 2.45) is 0 Å². The first-order chi connectivity index (χ1) is 3.06. The van der Waals surface area contributed by atoms with Crippen molar-refractivity contribution in [1.82, 2.24) is 0 Å². The van der Waals surface area contributed by atoms with E-state index in [9.17, 15) is 0 Å². The Balaban J connectivity index is 0. The summed E-state index contributed by atoms with van der Waals surface area (Å²) in [6, 6.07) is 0. The average Bonchev–Trinajstić information content (AvgIpc) is 1.30. The molecule has 0 aliphatic heterocycles. The van der Waals surface area contributed by atoms with Crippen LogP contribution in [0.2, 0.25) is 0 Å². The van der Waals surface area contributed by atoms with Crippen LogP contribution in [0.4, 0.5) is 0 Å². The minimum atomic E-state index is -4.28. The third kappa shape index (κ3) is 9.14. The van der Waals surface area contributed by atoms with E-state index in [1.807, 2.05) is 0 Å². The lowest BCUT2D eigenvalue weighted by Gasteiger charge is -2.04. The summed E-state index contributed by atoms with van der Waals surface area (Å²) < 4.78 is 3.80. The SMILES string of the molecule is C=CO[Si](O)(O)O.O. The highest BCUT2D eigenvalue weighted by atomic mass is 28.4. The van der Waals surface area contributed by atoms with Gasteiger partial charge in [-0.15, -0.1) is 0 Å². The summed E-state index contributed by atoms with van der Waals surface area (Å²) in [5, 5.41) is 0. The van der Waals surface area contributed by atoms with Crippen LogP contribution < -0.4 is 0 Å². The van der Waals surface area contributed by atoms with E-state index in [1.54, 1.807) is 0 Å². The molecule has 0 unspecified atom stereocenters. The largest absolute Gasteiger partial charge is 0.740 e. The van der Waals surface area contributed by atoms with Crippen LogP contribution >= 0.6 is 0 Å².